The van der Waals surface area contributed by atoms with Gasteiger partial charge in [0.1, 0.15) is 17.3 Å². The summed E-state index contributed by atoms with van der Waals surface area (Å²) >= 11 is 0. The third kappa shape index (κ3) is 7.51. The monoisotopic (exact) mass is 616 g/mol. The largest absolute Gasteiger partial charge is 0.481 e. The lowest BCUT2D eigenvalue weighted by Crippen LogP contribution is -2.27. The number of aliphatic carboxylic acids is 1. The summed E-state index contributed by atoms with van der Waals surface area (Å²) < 4.78 is 18.2. The van der Waals surface area contributed by atoms with Crippen LogP contribution in [0.4, 0.5) is 4.39 Å². The Bertz CT molecular complexity index is 1600. The Labute approximate surface area is 262 Å². The van der Waals surface area contributed by atoms with Gasteiger partial charge in [0, 0.05) is 42.0 Å². The fraction of sp³-hybridized carbons (Fsp3) is 0.400. The number of halogens is 1. The smallest absolute Gasteiger partial charge is 0.305 e. The third-order valence-corrected chi connectivity index (χ3v) is 8.29. The molecule has 0 fully saturated rings. The molecule has 0 radical (unpaired) electrons. The first-order valence-electron chi connectivity index (χ1n) is 15.6. The van der Waals surface area contributed by atoms with Crippen molar-refractivity contribution in [2.45, 2.75) is 90.1 Å². The minimum atomic E-state index is -1.18. The lowest BCUT2D eigenvalue weighted by atomic mass is 9.92. The van der Waals surface area contributed by atoms with E-state index < -0.39 is 24.6 Å². The number of fused-ring (bicyclic) bond motifs is 1. The average Bonchev–Trinajstić information content (AvgIpc) is 3.58. The molecule has 0 spiro atoms. The van der Waals surface area contributed by atoms with Gasteiger partial charge in [-0.25, -0.2) is 9.37 Å². The summed E-state index contributed by atoms with van der Waals surface area (Å²) in [6, 6.07) is 15.6. The summed E-state index contributed by atoms with van der Waals surface area (Å²) in [5.74, 6) is -0.760. The van der Waals surface area contributed by atoms with E-state index in [1.54, 1.807) is 12.1 Å². The van der Waals surface area contributed by atoms with Gasteiger partial charge in [0.25, 0.3) is 5.91 Å². The number of imidazole rings is 1. The SMILES string of the molecule is CC(C)n1c(CCC(O)CC(O)CC(=O)O)c(-c2ccc(F)cc2)c(-c2ccccc2)c1C(=O)NCc1cn2c(n1)CCCC2. The Hall–Kier alpha value is -4.28. The summed E-state index contributed by atoms with van der Waals surface area (Å²) in [5, 5.41) is 33.1. The van der Waals surface area contributed by atoms with Crippen LogP contribution in [0.25, 0.3) is 22.3 Å². The molecule has 3 heterocycles. The number of amides is 1. The van der Waals surface area contributed by atoms with E-state index in [0.29, 0.717) is 17.7 Å². The van der Waals surface area contributed by atoms with E-state index in [0.717, 1.165) is 59.7 Å². The van der Waals surface area contributed by atoms with Gasteiger partial charge < -0.3 is 29.8 Å². The van der Waals surface area contributed by atoms with E-state index in [-0.39, 0.29) is 37.2 Å². The number of nitrogens with one attached hydrogen (secondary N) is 1. The number of carbonyl (C=O) groups excluding carboxylic acids is 1. The number of benzene rings is 2. The van der Waals surface area contributed by atoms with Gasteiger partial charge in [-0.2, -0.15) is 0 Å². The molecule has 2 atom stereocenters. The van der Waals surface area contributed by atoms with Gasteiger partial charge in [0.15, 0.2) is 0 Å². The summed E-state index contributed by atoms with van der Waals surface area (Å²) in [6.45, 7) is 5.16. The molecule has 2 aromatic heterocycles. The Kier molecular flexibility index (Phi) is 10.1. The summed E-state index contributed by atoms with van der Waals surface area (Å²) in [4.78, 5) is 30.0. The van der Waals surface area contributed by atoms with Crippen molar-refractivity contribution in [3.05, 3.63) is 89.5 Å². The minimum Gasteiger partial charge on any atom is -0.481 e. The molecule has 45 heavy (non-hydrogen) atoms. The van der Waals surface area contributed by atoms with Crippen molar-refractivity contribution in [3.63, 3.8) is 0 Å². The number of rotatable bonds is 13. The second-order valence-electron chi connectivity index (χ2n) is 12.0. The zero-order chi connectivity index (χ0) is 32.1. The fourth-order valence-electron chi connectivity index (χ4n) is 6.32. The number of carboxylic acid groups (broad SMARTS) is 1. The molecule has 2 aromatic carbocycles. The maximum Gasteiger partial charge on any atom is 0.305 e. The van der Waals surface area contributed by atoms with Gasteiger partial charge in [0.2, 0.25) is 0 Å². The number of hydrogen-bond acceptors (Lipinski definition) is 5. The van der Waals surface area contributed by atoms with Crippen LogP contribution in [0.5, 0.6) is 0 Å². The molecule has 1 aliphatic rings. The van der Waals surface area contributed by atoms with Gasteiger partial charge >= 0.3 is 5.97 Å². The quantitative estimate of drug-likeness (QED) is 0.157. The first-order valence-corrected chi connectivity index (χ1v) is 15.6. The first-order chi connectivity index (χ1) is 21.6. The van der Waals surface area contributed by atoms with Crippen molar-refractivity contribution in [2.24, 2.45) is 0 Å². The van der Waals surface area contributed by atoms with Crippen LogP contribution in [0.2, 0.25) is 0 Å². The number of nitrogens with zero attached hydrogens (tertiary/aromatic N) is 3. The van der Waals surface area contributed by atoms with Crippen molar-refractivity contribution in [2.75, 3.05) is 0 Å². The van der Waals surface area contributed by atoms with E-state index in [9.17, 15) is 24.2 Å². The molecule has 238 valence electrons. The van der Waals surface area contributed by atoms with E-state index in [1.165, 1.54) is 12.1 Å². The number of aliphatic hydroxyl groups excluding tert-OH is 2. The van der Waals surface area contributed by atoms with Crippen molar-refractivity contribution in [1.82, 2.24) is 19.4 Å². The van der Waals surface area contributed by atoms with Gasteiger partial charge in [-0.3, -0.25) is 9.59 Å². The highest BCUT2D eigenvalue weighted by Gasteiger charge is 2.30. The van der Waals surface area contributed by atoms with Crippen LogP contribution in [-0.2, 0) is 30.7 Å². The molecule has 10 heteroatoms. The minimum absolute atomic E-state index is 0.0892. The zero-order valence-corrected chi connectivity index (χ0v) is 25.7. The van der Waals surface area contributed by atoms with Gasteiger partial charge in [-0.05, 0) is 69.2 Å². The number of hydrogen-bond donors (Lipinski definition) is 4. The zero-order valence-electron chi connectivity index (χ0n) is 25.7. The van der Waals surface area contributed by atoms with Crippen LogP contribution in [0, 0.1) is 5.82 Å². The topological polar surface area (TPSA) is 130 Å². The molecule has 0 saturated carbocycles. The van der Waals surface area contributed by atoms with E-state index >= 15 is 0 Å². The predicted octanol–water partition coefficient (Wildman–Crippen LogP) is 5.52. The molecule has 5 rings (SSSR count). The first kappa shape index (κ1) is 32.1. The second kappa shape index (κ2) is 14.2. The van der Waals surface area contributed by atoms with Gasteiger partial charge in [0.05, 0.1) is 30.9 Å². The highest BCUT2D eigenvalue weighted by Crippen LogP contribution is 2.42. The molecule has 4 aromatic rings. The maximum absolute atomic E-state index is 14.3. The highest BCUT2D eigenvalue weighted by molar-refractivity contribution is 6.05. The number of carboxylic acids is 1. The Morgan fingerprint density at radius 2 is 1.69 bits per heavy atom. The van der Waals surface area contributed by atoms with Crippen molar-refractivity contribution in [1.29, 1.82) is 0 Å². The fourth-order valence-corrected chi connectivity index (χ4v) is 6.32. The molecule has 1 amide bonds. The Morgan fingerprint density at radius 1 is 0.978 bits per heavy atom. The molecule has 2 unspecified atom stereocenters. The van der Waals surface area contributed by atoms with Crippen LogP contribution in [0.15, 0.2) is 60.8 Å². The number of aryl methyl sites for hydroxylation is 2. The van der Waals surface area contributed by atoms with Gasteiger partial charge in [-0.15, -0.1) is 0 Å². The van der Waals surface area contributed by atoms with Gasteiger partial charge in [-0.1, -0.05) is 42.5 Å². The van der Waals surface area contributed by atoms with Crippen LogP contribution < -0.4 is 5.32 Å². The lowest BCUT2D eigenvalue weighted by molar-refractivity contribution is -0.139. The molecular formula is C35H41FN4O5. The highest BCUT2D eigenvalue weighted by atomic mass is 19.1. The standard InChI is InChI=1S/C35H41FN4O5/c1-22(2)40-29(16-15-27(41)18-28(42)19-31(43)44)32(24-11-13-25(36)14-12-24)33(23-8-4-3-5-9-23)34(40)35(45)37-20-26-21-39-17-7-6-10-30(39)38-26/h3-5,8-9,11-14,21-22,27-28,41-42H,6-7,10,15-20H2,1-2H3,(H,37,45)(H,43,44). The molecule has 0 bridgehead atoms. The summed E-state index contributed by atoms with van der Waals surface area (Å²) in [5.41, 5.74) is 5.04. The second-order valence-corrected chi connectivity index (χ2v) is 12.0. The summed E-state index contributed by atoms with van der Waals surface area (Å²) in [7, 11) is 0. The van der Waals surface area contributed by atoms with Crippen LogP contribution >= 0.6 is 0 Å². The normalized spacial score (nSPS) is 14.3. The van der Waals surface area contributed by atoms with E-state index in [2.05, 4.69) is 9.88 Å². The number of aliphatic hydroxyl groups is 2. The Morgan fingerprint density at radius 3 is 2.36 bits per heavy atom. The average molecular weight is 617 g/mol. The number of aromatic nitrogens is 3. The molecule has 9 nitrogen and oxygen atoms in total. The van der Waals surface area contributed by atoms with Crippen molar-refractivity contribution >= 4 is 11.9 Å². The maximum atomic E-state index is 14.3. The molecule has 0 saturated heterocycles. The Balaban J connectivity index is 1.58. The van der Waals surface area contributed by atoms with Crippen molar-refractivity contribution in [3.8, 4) is 22.3 Å². The van der Waals surface area contributed by atoms with Crippen LogP contribution in [0.1, 0.15) is 79.7 Å². The molecular weight excluding hydrogens is 575 g/mol. The van der Waals surface area contributed by atoms with Crippen LogP contribution in [-0.4, -0.2) is 53.5 Å². The van der Waals surface area contributed by atoms with E-state index in [4.69, 9.17) is 10.1 Å². The third-order valence-electron chi connectivity index (χ3n) is 8.29. The molecule has 4 N–H and O–H groups in total. The van der Waals surface area contributed by atoms with Crippen molar-refractivity contribution < 1.29 is 29.3 Å². The number of carbonyl (C=O) groups is 2. The predicted molar refractivity (Wildman–Crippen MR) is 169 cm³/mol. The van der Waals surface area contributed by atoms with Crippen LogP contribution in [0.3, 0.4) is 0 Å². The lowest BCUT2D eigenvalue weighted by Gasteiger charge is -2.20. The summed E-state index contributed by atoms with van der Waals surface area (Å²) in [6.07, 6.45) is 2.99. The van der Waals surface area contributed by atoms with E-state index in [1.807, 2.05) is 54.9 Å². The molecule has 0 aliphatic carbocycles. The molecule has 1 aliphatic heterocycles.